The van der Waals surface area contributed by atoms with Crippen LogP contribution in [0.1, 0.15) is 26.7 Å². The summed E-state index contributed by atoms with van der Waals surface area (Å²) in [6, 6.07) is 1.55. The highest BCUT2D eigenvalue weighted by molar-refractivity contribution is 5.90. The highest BCUT2D eigenvalue weighted by Gasteiger charge is 2.16. The van der Waals surface area contributed by atoms with E-state index in [-0.39, 0.29) is 17.8 Å². The van der Waals surface area contributed by atoms with Gasteiger partial charge in [0.05, 0.1) is 20.3 Å². The van der Waals surface area contributed by atoms with Gasteiger partial charge in [0.2, 0.25) is 23.6 Å². The molecule has 0 aliphatic rings. The zero-order valence-electron chi connectivity index (χ0n) is 11.2. The Morgan fingerprint density at radius 2 is 1.72 bits per heavy atom. The van der Waals surface area contributed by atoms with Gasteiger partial charge in [-0.05, 0) is 12.8 Å². The number of methoxy groups -OCH3 is 2. The summed E-state index contributed by atoms with van der Waals surface area (Å²) in [5.74, 6) is 0.771. The van der Waals surface area contributed by atoms with Crippen LogP contribution in [-0.4, -0.2) is 30.1 Å². The molecule has 0 atom stereocenters. The molecule has 1 amide bonds. The number of nitrogens with one attached hydrogen (secondary N) is 1. The van der Waals surface area contributed by atoms with Crippen LogP contribution in [-0.2, 0) is 4.79 Å². The highest BCUT2D eigenvalue weighted by Crippen LogP contribution is 2.18. The Morgan fingerprint density at radius 3 is 2.11 bits per heavy atom. The smallest absolute Gasteiger partial charge is 0.236 e. The first kappa shape index (κ1) is 14.2. The minimum Gasteiger partial charge on any atom is -0.481 e. The average Bonchev–Trinajstić information content (AvgIpc) is 2.39. The van der Waals surface area contributed by atoms with Gasteiger partial charge < -0.3 is 9.47 Å². The molecule has 0 aliphatic heterocycles. The van der Waals surface area contributed by atoms with E-state index < -0.39 is 0 Å². The molecule has 0 aromatic carbocycles. The van der Waals surface area contributed by atoms with E-state index in [1.54, 1.807) is 6.07 Å². The summed E-state index contributed by atoms with van der Waals surface area (Å²) in [7, 11) is 2.99. The predicted molar refractivity (Wildman–Crippen MR) is 67.8 cm³/mol. The number of nitrogens with zero attached hydrogens (tertiary/aromatic N) is 2. The van der Waals surface area contributed by atoms with Crippen LogP contribution in [0.5, 0.6) is 11.8 Å². The lowest BCUT2D eigenvalue weighted by Crippen LogP contribution is -2.23. The van der Waals surface area contributed by atoms with Gasteiger partial charge in [-0.2, -0.15) is 9.97 Å². The van der Waals surface area contributed by atoms with Gasteiger partial charge in [-0.3, -0.25) is 10.1 Å². The molecule has 6 nitrogen and oxygen atoms in total. The van der Waals surface area contributed by atoms with Crippen molar-refractivity contribution >= 4 is 11.9 Å². The first-order chi connectivity index (χ1) is 8.64. The summed E-state index contributed by atoms with van der Waals surface area (Å²) in [6.45, 7) is 3.95. The van der Waals surface area contributed by atoms with E-state index in [0.717, 1.165) is 12.8 Å². The zero-order chi connectivity index (χ0) is 13.5. The average molecular weight is 253 g/mol. The fourth-order valence-corrected chi connectivity index (χ4v) is 1.54. The van der Waals surface area contributed by atoms with E-state index in [2.05, 4.69) is 15.3 Å². The Kier molecular flexibility index (Phi) is 5.35. The van der Waals surface area contributed by atoms with Crippen LogP contribution in [0.25, 0.3) is 0 Å². The summed E-state index contributed by atoms with van der Waals surface area (Å²) in [4.78, 5) is 20.0. The molecular formula is C12H19N3O3. The van der Waals surface area contributed by atoms with Crippen molar-refractivity contribution in [2.45, 2.75) is 26.7 Å². The second kappa shape index (κ2) is 6.78. The fourth-order valence-electron chi connectivity index (χ4n) is 1.54. The monoisotopic (exact) mass is 253 g/mol. The lowest BCUT2D eigenvalue weighted by Gasteiger charge is -2.12. The van der Waals surface area contributed by atoms with E-state index in [1.807, 2.05) is 13.8 Å². The summed E-state index contributed by atoms with van der Waals surface area (Å²) in [5, 5.41) is 2.67. The number of rotatable bonds is 6. The van der Waals surface area contributed by atoms with Crippen molar-refractivity contribution in [1.82, 2.24) is 9.97 Å². The molecule has 1 rings (SSSR count). The molecule has 100 valence electrons. The number of hydrogen-bond acceptors (Lipinski definition) is 5. The third-order valence-electron chi connectivity index (χ3n) is 2.69. The maximum absolute atomic E-state index is 11.9. The van der Waals surface area contributed by atoms with Gasteiger partial charge in [0.25, 0.3) is 0 Å². The molecule has 0 saturated carbocycles. The second-order valence-corrected chi connectivity index (χ2v) is 3.78. The minimum atomic E-state index is -0.0877. The highest BCUT2D eigenvalue weighted by atomic mass is 16.5. The predicted octanol–water partition coefficient (Wildman–Crippen LogP) is 1.87. The van der Waals surface area contributed by atoms with Crippen LogP contribution in [0.2, 0.25) is 0 Å². The Morgan fingerprint density at radius 1 is 1.22 bits per heavy atom. The molecule has 6 heteroatoms. The molecule has 0 bridgehead atoms. The second-order valence-electron chi connectivity index (χ2n) is 3.78. The quantitative estimate of drug-likeness (QED) is 0.837. The van der Waals surface area contributed by atoms with E-state index >= 15 is 0 Å². The third-order valence-corrected chi connectivity index (χ3v) is 2.69. The van der Waals surface area contributed by atoms with Crippen LogP contribution in [0.4, 0.5) is 5.95 Å². The number of ether oxygens (including phenoxy) is 2. The number of amides is 1. The molecule has 1 aromatic heterocycles. The first-order valence-corrected chi connectivity index (χ1v) is 5.92. The number of carbonyl (C=O) groups excluding carboxylic acids is 1. The van der Waals surface area contributed by atoms with E-state index in [4.69, 9.17) is 9.47 Å². The van der Waals surface area contributed by atoms with Crippen molar-refractivity contribution in [3.05, 3.63) is 6.07 Å². The SMILES string of the molecule is CCC(CC)C(=O)Nc1nc(OC)cc(OC)n1. The van der Waals surface area contributed by atoms with Gasteiger partial charge in [0.1, 0.15) is 0 Å². The molecule has 0 aliphatic carbocycles. The maximum atomic E-state index is 11.9. The molecule has 1 N–H and O–H groups in total. The molecule has 0 radical (unpaired) electrons. The lowest BCUT2D eigenvalue weighted by molar-refractivity contribution is -0.120. The third kappa shape index (κ3) is 3.58. The van der Waals surface area contributed by atoms with Crippen LogP contribution in [0.3, 0.4) is 0 Å². The molecule has 1 aromatic rings. The van der Waals surface area contributed by atoms with Crippen molar-refractivity contribution < 1.29 is 14.3 Å². The zero-order valence-corrected chi connectivity index (χ0v) is 11.2. The summed E-state index contributed by atoms with van der Waals surface area (Å²) in [5.41, 5.74) is 0. The van der Waals surface area contributed by atoms with Crippen LogP contribution in [0, 0.1) is 5.92 Å². The van der Waals surface area contributed by atoms with Crippen LogP contribution in [0.15, 0.2) is 6.07 Å². The molecule has 0 unspecified atom stereocenters. The van der Waals surface area contributed by atoms with Gasteiger partial charge in [0.15, 0.2) is 0 Å². The Hall–Kier alpha value is -1.85. The van der Waals surface area contributed by atoms with Gasteiger partial charge in [-0.1, -0.05) is 13.8 Å². The largest absolute Gasteiger partial charge is 0.481 e. The van der Waals surface area contributed by atoms with Crippen molar-refractivity contribution in [3.63, 3.8) is 0 Å². The van der Waals surface area contributed by atoms with E-state index in [0.29, 0.717) is 11.8 Å². The molecule has 0 saturated heterocycles. The summed E-state index contributed by atoms with van der Waals surface area (Å²) < 4.78 is 10.0. The number of carbonyl (C=O) groups is 1. The standard InChI is InChI=1S/C12H19N3O3/c1-5-8(6-2)11(16)15-12-13-9(17-3)7-10(14-12)18-4/h7-8H,5-6H2,1-4H3,(H,13,14,15,16). The Bertz CT molecular complexity index is 383. The van der Waals surface area contributed by atoms with Gasteiger partial charge in [-0.25, -0.2) is 0 Å². The topological polar surface area (TPSA) is 73.3 Å². The van der Waals surface area contributed by atoms with Crippen molar-refractivity contribution in [2.75, 3.05) is 19.5 Å². The van der Waals surface area contributed by atoms with Crippen molar-refractivity contribution in [3.8, 4) is 11.8 Å². The summed E-state index contributed by atoms with van der Waals surface area (Å²) in [6.07, 6.45) is 1.56. The van der Waals surface area contributed by atoms with E-state index in [1.165, 1.54) is 14.2 Å². The van der Waals surface area contributed by atoms with Gasteiger partial charge >= 0.3 is 0 Å². The minimum absolute atomic E-state index is 0.0363. The van der Waals surface area contributed by atoms with Gasteiger partial charge in [0, 0.05) is 5.92 Å². The Labute approximate surface area is 107 Å². The molecule has 0 fully saturated rings. The number of hydrogen-bond donors (Lipinski definition) is 1. The number of anilines is 1. The molecule has 18 heavy (non-hydrogen) atoms. The van der Waals surface area contributed by atoms with Crippen LogP contribution < -0.4 is 14.8 Å². The number of aromatic nitrogens is 2. The van der Waals surface area contributed by atoms with Gasteiger partial charge in [-0.15, -0.1) is 0 Å². The van der Waals surface area contributed by atoms with Crippen molar-refractivity contribution in [2.24, 2.45) is 5.92 Å². The maximum Gasteiger partial charge on any atom is 0.236 e. The van der Waals surface area contributed by atoms with Crippen LogP contribution >= 0.6 is 0 Å². The lowest BCUT2D eigenvalue weighted by atomic mass is 10.0. The molecule has 0 spiro atoms. The van der Waals surface area contributed by atoms with E-state index in [9.17, 15) is 4.79 Å². The molecular weight excluding hydrogens is 234 g/mol. The normalized spacial score (nSPS) is 10.3. The fraction of sp³-hybridized carbons (Fsp3) is 0.583. The van der Waals surface area contributed by atoms with Crippen molar-refractivity contribution in [1.29, 1.82) is 0 Å². The first-order valence-electron chi connectivity index (χ1n) is 5.92. The Balaban J connectivity index is 2.86. The molecule has 1 heterocycles. The summed E-state index contributed by atoms with van der Waals surface area (Å²) >= 11 is 0.